The standard InChI is InChI=1S/C22H28N4O6S/c1-17(25(33(2,30)31)20-4-3-5-21(14-20)26(28)29)22(27)23-15-18-6-8-19(9-7-18)16-24-10-12-32-13-11-24/h3-9,14,17H,10-13,15-16H2,1-2H3,(H,23,27)/t17-/m1/s1. The predicted molar refractivity (Wildman–Crippen MR) is 124 cm³/mol. The molecule has 1 atom stereocenters. The van der Waals surface area contributed by atoms with Crippen molar-refractivity contribution >= 4 is 27.3 Å². The molecule has 178 valence electrons. The Morgan fingerprint density at radius 3 is 2.42 bits per heavy atom. The lowest BCUT2D eigenvalue weighted by Gasteiger charge is -2.28. The summed E-state index contributed by atoms with van der Waals surface area (Å²) < 4.78 is 31.0. The van der Waals surface area contributed by atoms with Gasteiger partial charge in [-0.1, -0.05) is 30.3 Å². The van der Waals surface area contributed by atoms with E-state index in [1.165, 1.54) is 25.1 Å². The Morgan fingerprint density at radius 2 is 1.82 bits per heavy atom. The third kappa shape index (κ3) is 6.73. The monoisotopic (exact) mass is 476 g/mol. The molecule has 1 heterocycles. The summed E-state index contributed by atoms with van der Waals surface area (Å²) in [6.07, 6.45) is 0.961. The third-order valence-electron chi connectivity index (χ3n) is 5.38. The van der Waals surface area contributed by atoms with Gasteiger partial charge in [-0.25, -0.2) is 8.42 Å². The van der Waals surface area contributed by atoms with Gasteiger partial charge >= 0.3 is 0 Å². The number of nitrogens with zero attached hydrogens (tertiary/aromatic N) is 3. The number of benzene rings is 2. The molecule has 33 heavy (non-hydrogen) atoms. The van der Waals surface area contributed by atoms with Crippen LogP contribution >= 0.6 is 0 Å². The average molecular weight is 477 g/mol. The zero-order valence-electron chi connectivity index (χ0n) is 18.6. The Hall–Kier alpha value is -3.02. The van der Waals surface area contributed by atoms with Gasteiger partial charge < -0.3 is 10.1 Å². The summed E-state index contributed by atoms with van der Waals surface area (Å²) in [6, 6.07) is 12.0. The van der Waals surface area contributed by atoms with Crippen LogP contribution in [0.25, 0.3) is 0 Å². The van der Waals surface area contributed by atoms with Crippen LogP contribution in [-0.4, -0.2) is 62.7 Å². The number of non-ortho nitro benzene ring substituents is 1. The summed E-state index contributed by atoms with van der Waals surface area (Å²) >= 11 is 0. The number of anilines is 1. The maximum Gasteiger partial charge on any atom is 0.271 e. The van der Waals surface area contributed by atoms with E-state index in [4.69, 9.17) is 4.74 Å². The average Bonchev–Trinajstić information content (AvgIpc) is 2.78. The molecular formula is C22H28N4O6S. The van der Waals surface area contributed by atoms with E-state index in [2.05, 4.69) is 10.2 Å². The molecule has 10 nitrogen and oxygen atoms in total. The minimum Gasteiger partial charge on any atom is -0.379 e. The molecule has 1 N–H and O–H groups in total. The van der Waals surface area contributed by atoms with E-state index in [1.54, 1.807) is 0 Å². The van der Waals surface area contributed by atoms with Crippen molar-refractivity contribution < 1.29 is 22.9 Å². The van der Waals surface area contributed by atoms with E-state index in [1.807, 2.05) is 24.3 Å². The zero-order valence-corrected chi connectivity index (χ0v) is 19.5. The third-order valence-corrected chi connectivity index (χ3v) is 6.62. The number of amides is 1. The van der Waals surface area contributed by atoms with Crippen molar-refractivity contribution in [1.82, 2.24) is 10.2 Å². The van der Waals surface area contributed by atoms with Gasteiger partial charge in [-0.2, -0.15) is 0 Å². The Balaban J connectivity index is 1.64. The van der Waals surface area contributed by atoms with E-state index in [9.17, 15) is 23.3 Å². The molecule has 1 saturated heterocycles. The maximum atomic E-state index is 12.8. The van der Waals surface area contributed by atoms with Crippen molar-refractivity contribution in [3.63, 3.8) is 0 Å². The van der Waals surface area contributed by atoms with Crippen LogP contribution in [0.2, 0.25) is 0 Å². The molecule has 2 aromatic rings. The summed E-state index contributed by atoms with van der Waals surface area (Å²) in [5, 5.41) is 13.8. The van der Waals surface area contributed by atoms with Crippen molar-refractivity contribution in [3.05, 3.63) is 69.8 Å². The van der Waals surface area contributed by atoms with Crippen molar-refractivity contribution in [2.24, 2.45) is 0 Å². The smallest absolute Gasteiger partial charge is 0.271 e. The molecular weight excluding hydrogens is 448 g/mol. The number of hydrogen-bond donors (Lipinski definition) is 1. The first-order valence-corrected chi connectivity index (χ1v) is 12.4. The zero-order chi connectivity index (χ0) is 24.0. The molecule has 0 aliphatic carbocycles. The van der Waals surface area contributed by atoms with Crippen LogP contribution < -0.4 is 9.62 Å². The number of rotatable bonds is 9. The van der Waals surface area contributed by atoms with E-state index in [0.29, 0.717) is 0 Å². The van der Waals surface area contributed by atoms with Crippen LogP contribution in [0.1, 0.15) is 18.1 Å². The molecule has 11 heteroatoms. The number of nitrogens with one attached hydrogen (secondary N) is 1. The van der Waals surface area contributed by atoms with Gasteiger partial charge in [-0.3, -0.25) is 24.1 Å². The highest BCUT2D eigenvalue weighted by atomic mass is 32.2. The largest absolute Gasteiger partial charge is 0.379 e. The second kappa shape index (κ2) is 10.7. The number of ether oxygens (including phenoxy) is 1. The summed E-state index contributed by atoms with van der Waals surface area (Å²) in [5.74, 6) is -0.510. The molecule has 0 unspecified atom stereocenters. The first-order valence-electron chi connectivity index (χ1n) is 10.5. The molecule has 1 aliphatic heterocycles. The fourth-order valence-electron chi connectivity index (χ4n) is 3.67. The number of nitro groups is 1. The van der Waals surface area contributed by atoms with Gasteiger partial charge in [0.2, 0.25) is 15.9 Å². The molecule has 0 spiro atoms. The highest BCUT2D eigenvalue weighted by Gasteiger charge is 2.30. The van der Waals surface area contributed by atoms with Crippen molar-refractivity contribution in [3.8, 4) is 0 Å². The Labute approximate surface area is 193 Å². The predicted octanol–water partition coefficient (Wildman–Crippen LogP) is 1.90. The number of sulfonamides is 1. The summed E-state index contributed by atoms with van der Waals surface area (Å²) in [7, 11) is -3.87. The highest BCUT2D eigenvalue weighted by molar-refractivity contribution is 7.92. The second-order valence-corrected chi connectivity index (χ2v) is 9.79. The van der Waals surface area contributed by atoms with Gasteiger partial charge in [0.25, 0.3) is 5.69 Å². The number of carbonyl (C=O) groups excluding carboxylic acids is 1. The SMILES string of the molecule is C[C@H](C(=O)NCc1ccc(CN2CCOCC2)cc1)N(c1cccc([N+](=O)[O-])c1)S(C)(=O)=O. The van der Waals surface area contributed by atoms with E-state index in [0.717, 1.165) is 60.6 Å². The molecule has 0 saturated carbocycles. The second-order valence-electron chi connectivity index (χ2n) is 7.93. The Bertz CT molecular complexity index is 1080. The molecule has 0 radical (unpaired) electrons. The lowest BCUT2D eigenvalue weighted by Crippen LogP contribution is -2.47. The fraction of sp³-hybridized carbons (Fsp3) is 0.409. The summed E-state index contributed by atoms with van der Waals surface area (Å²) in [6.45, 7) is 5.79. The minimum atomic E-state index is -3.87. The topological polar surface area (TPSA) is 122 Å². The van der Waals surface area contributed by atoms with Gasteiger partial charge in [0.1, 0.15) is 6.04 Å². The van der Waals surface area contributed by atoms with Crippen molar-refractivity contribution in [2.75, 3.05) is 36.9 Å². The Morgan fingerprint density at radius 1 is 1.18 bits per heavy atom. The lowest BCUT2D eigenvalue weighted by molar-refractivity contribution is -0.384. The summed E-state index contributed by atoms with van der Waals surface area (Å²) in [5.41, 5.74) is 1.84. The van der Waals surface area contributed by atoms with Crippen LogP contribution in [0.5, 0.6) is 0 Å². The van der Waals surface area contributed by atoms with Crippen molar-refractivity contribution in [1.29, 1.82) is 0 Å². The molecule has 1 fully saturated rings. The van der Waals surface area contributed by atoms with Crippen LogP contribution in [-0.2, 0) is 32.6 Å². The molecule has 0 aromatic heterocycles. The molecule has 1 amide bonds. The van der Waals surface area contributed by atoms with E-state index >= 15 is 0 Å². The Kier molecular flexibility index (Phi) is 8.01. The van der Waals surface area contributed by atoms with E-state index < -0.39 is 26.9 Å². The van der Waals surface area contributed by atoms with Gasteiger partial charge in [0, 0.05) is 38.3 Å². The van der Waals surface area contributed by atoms with E-state index in [-0.39, 0.29) is 17.9 Å². The summed E-state index contributed by atoms with van der Waals surface area (Å²) in [4.78, 5) is 25.5. The normalized spacial score (nSPS) is 15.6. The number of morpholine rings is 1. The van der Waals surface area contributed by atoms with Crippen LogP contribution in [0, 0.1) is 10.1 Å². The molecule has 2 aromatic carbocycles. The minimum absolute atomic E-state index is 0.0572. The lowest BCUT2D eigenvalue weighted by atomic mass is 10.1. The van der Waals surface area contributed by atoms with Crippen molar-refractivity contribution in [2.45, 2.75) is 26.1 Å². The van der Waals surface area contributed by atoms with Crippen LogP contribution in [0.4, 0.5) is 11.4 Å². The number of nitro benzene ring substituents is 1. The van der Waals surface area contributed by atoms with Gasteiger partial charge in [-0.15, -0.1) is 0 Å². The van der Waals surface area contributed by atoms with Gasteiger partial charge in [0.05, 0.1) is 30.1 Å². The maximum absolute atomic E-state index is 12.8. The van der Waals surface area contributed by atoms with Crippen LogP contribution in [0.3, 0.4) is 0 Å². The quantitative estimate of drug-likeness (QED) is 0.433. The molecule has 3 rings (SSSR count). The first kappa shape index (κ1) is 24.6. The molecule has 1 aliphatic rings. The molecule has 0 bridgehead atoms. The first-order chi connectivity index (χ1) is 15.6. The van der Waals surface area contributed by atoms with Gasteiger partial charge in [0.15, 0.2) is 0 Å². The highest BCUT2D eigenvalue weighted by Crippen LogP contribution is 2.25. The van der Waals surface area contributed by atoms with Gasteiger partial charge in [-0.05, 0) is 24.1 Å². The fourth-order valence-corrected chi connectivity index (χ4v) is 4.84. The number of hydrogen-bond acceptors (Lipinski definition) is 7. The number of carbonyl (C=O) groups is 1. The van der Waals surface area contributed by atoms with Crippen LogP contribution in [0.15, 0.2) is 48.5 Å².